The van der Waals surface area contributed by atoms with Crippen LogP contribution in [0.25, 0.3) is 22.5 Å². The third kappa shape index (κ3) is 4.00. The first-order valence-electron chi connectivity index (χ1n) is 10.2. The number of fused-ring (bicyclic) bond motifs is 1. The van der Waals surface area contributed by atoms with Crippen molar-refractivity contribution in [3.05, 3.63) is 91.0 Å². The van der Waals surface area contributed by atoms with Gasteiger partial charge in [0.25, 0.3) is 0 Å². The van der Waals surface area contributed by atoms with Gasteiger partial charge in [-0.3, -0.25) is 4.99 Å². The normalized spacial score (nSPS) is 19.5. The van der Waals surface area contributed by atoms with Crippen LogP contribution in [0, 0.1) is 0 Å². The number of aromatic nitrogens is 2. The minimum atomic E-state index is 0.138. The second-order valence-corrected chi connectivity index (χ2v) is 7.41. The van der Waals surface area contributed by atoms with Gasteiger partial charge in [-0.05, 0) is 6.07 Å². The molecule has 2 heterocycles. The van der Waals surface area contributed by atoms with Crippen LogP contribution < -0.4 is 5.43 Å². The van der Waals surface area contributed by atoms with Gasteiger partial charge in [-0.25, -0.2) is 15.4 Å². The molecule has 1 aliphatic heterocycles. The molecule has 0 unspecified atom stereocenters. The van der Waals surface area contributed by atoms with Crippen molar-refractivity contribution in [2.45, 2.75) is 12.1 Å². The molecule has 1 aromatic heterocycles. The fourth-order valence-corrected chi connectivity index (χ4v) is 3.74. The lowest BCUT2D eigenvalue weighted by atomic mass is 10.0. The van der Waals surface area contributed by atoms with Crippen molar-refractivity contribution in [1.29, 1.82) is 0 Å². The van der Waals surface area contributed by atoms with E-state index in [1.165, 1.54) is 0 Å². The second kappa shape index (κ2) is 8.36. The summed E-state index contributed by atoms with van der Waals surface area (Å²) in [5.74, 6) is 1.26. The average Bonchev–Trinajstić information content (AvgIpc) is 3.15. The van der Waals surface area contributed by atoms with E-state index in [9.17, 15) is 0 Å². The monoisotopic (exact) mass is 406 g/mol. The van der Waals surface area contributed by atoms with Crippen molar-refractivity contribution in [3.8, 4) is 22.5 Å². The van der Waals surface area contributed by atoms with Crippen LogP contribution in [0.5, 0.6) is 0 Å². The number of benzene rings is 2. The summed E-state index contributed by atoms with van der Waals surface area (Å²) in [6, 6.07) is 22.5. The molecule has 1 aliphatic carbocycles. The number of hydrogen-bond acceptors (Lipinski definition) is 6. The summed E-state index contributed by atoms with van der Waals surface area (Å²) in [6.45, 7) is 0. The Hall–Kier alpha value is -4.06. The van der Waals surface area contributed by atoms with Gasteiger partial charge in [0.1, 0.15) is 5.84 Å². The number of amidine groups is 1. The molecular weight excluding hydrogens is 384 g/mol. The zero-order valence-electron chi connectivity index (χ0n) is 17.1. The molecule has 0 radical (unpaired) electrons. The largest absolute Gasteiger partial charge is 0.350 e. The van der Waals surface area contributed by atoms with E-state index >= 15 is 0 Å². The van der Waals surface area contributed by atoms with Crippen LogP contribution in [-0.4, -0.2) is 46.0 Å². The number of likely N-dealkylation sites (N-methyl/N-ethyl adjacent to an activating group) is 1. The highest BCUT2D eigenvalue weighted by Gasteiger charge is 2.30. The van der Waals surface area contributed by atoms with E-state index < -0.39 is 0 Å². The van der Waals surface area contributed by atoms with E-state index in [-0.39, 0.29) is 12.1 Å². The molecule has 152 valence electrons. The molecule has 0 fully saturated rings. The van der Waals surface area contributed by atoms with E-state index in [2.05, 4.69) is 43.6 Å². The third-order valence-corrected chi connectivity index (χ3v) is 5.38. The Morgan fingerprint density at radius 3 is 2.10 bits per heavy atom. The molecule has 2 atom stereocenters. The lowest BCUT2D eigenvalue weighted by Crippen LogP contribution is -2.35. The summed E-state index contributed by atoms with van der Waals surface area (Å²) >= 11 is 0. The van der Waals surface area contributed by atoms with Crippen LogP contribution in [0.15, 0.2) is 101 Å². The van der Waals surface area contributed by atoms with Crippen molar-refractivity contribution in [2.75, 3.05) is 12.5 Å². The smallest absolute Gasteiger partial charge is 0.244 e. The topological polar surface area (TPSA) is 65.8 Å². The lowest BCUT2D eigenvalue weighted by Gasteiger charge is -2.22. The molecular formula is C25H22N6. The van der Waals surface area contributed by atoms with Gasteiger partial charge in [-0.15, -0.1) is 0 Å². The molecule has 0 spiro atoms. The first-order valence-corrected chi connectivity index (χ1v) is 10.2. The Kier molecular flexibility index (Phi) is 5.10. The Morgan fingerprint density at radius 2 is 1.48 bits per heavy atom. The summed E-state index contributed by atoms with van der Waals surface area (Å²) in [5.41, 5.74) is 6.72. The van der Waals surface area contributed by atoms with Crippen LogP contribution in [0.1, 0.15) is 0 Å². The molecule has 0 amide bonds. The maximum absolute atomic E-state index is 4.73. The number of hydrogen-bond donors (Lipinski definition) is 1. The van der Waals surface area contributed by atoms with E-state index in [0.717, 1.165) is 28.4 Å². The van der Waals surface area contributed by atoms with Crippen molar-refractivity contribution >= 4 is 18.0 Å². The average molecular weight is 406 g/mol. The summed E-state index contributed by atoms with van der Waals surface area (Å²) in [7, 11) is 2.03. The lowest BCUT2D eigenvalue weighted by molar-refractivity contribution is 0.440. The van der Waals surface area contributed by atoms with Gasteiger partial charge < -0.3 is 4.90 Å². The summed E-state index contributed by atoms with van der Waals surface area (Å²) in [6.07, 6.45) is 10.1. The maximum Gasteiger partial charge on any atom is 0.244 e. The second-order valence-electron chi connectivity index (χ2n) is 7.41. The highest BCUT2D eigenvalue weighted by molar-refractivity contribution is 6.30. The molecule has 0 saturated heterocycles. The van der Waals surface area contributed by atoms with Crippen LogP contribution in [0.3, 0.4) is 0 Å². The summed E-state index contributed by atoms with van der Waals surface area (Å²) in [5, 5.41) is 4.38. The van der Waals surface area contributed by atoms with Crippen molar-refractivity contribution in [1.82, 2.24) is 14.9 Å². The summed E-state index contributed by atoms with van der Waals surface area (Å²) in [4.78, 5) is 16.2. The number of anilines is 1. The van der Waals surface area contributed by atoms with Gasteiger partial charge in [0.15, 0.2) is 0 Å². The van der Waals surface area contributed by atoms with E-state index in [1.54, 1.807) is 6.21 Å². The van der Waals surface area contributed by atoms with Gasteiger partial charge in [-0.1, -0.05) is 85.0 Å². The number of allylic oxidation sites excluding steroid dienone is 2. The molecule has 6 nitrogen and oxygen atoms in total. The predicted octanol–water partition coefficient (Wildman–Crippen LogP) is 4.42. The van der Waals surface area contributed by atoms with E-state index in [4.69, 9.17) is 4.99 Å². The third-order valence-electron chi connectivity index (χ3n) is 5.38. The van der Waals surface area contributed by atoms with Crippen LogP contribution in [-0.2, 0) is 0 Å². The van der Waals surface area contributed by atoms with Gasteiger partial charge >= 0.3 is 0 Å². The van der Waals surface area contributed by atoms with Crippen molar-refractivity contribution in [2.24, 2.45) is 10.1 Å². The van der Waals surface area contributed by atoms with E-state index in [0.29, 0.717) is 5.95 Å². The molecule has 3 aromatic rings. The van der Waals surface area contributed by atoms with Crippen molar-refractivity contribution < 1.29 is 0 Å². The number of aliphatic imine (C=N–C) groups is 1. The van der Waals surface area contributed by atoms with Gasteiger partial charge in [-0.2, -0.15) is 5.10 Å². The molecule has 1 N–H and O–H groups in total. The molecule has 2 aromatic carbocycles. The highest BCUT2D eigenvalue weighted by Crippen LogP contribution is 2.25. The fourth-order valence-electron chi connectivity index (χ4n) is 3.74. The highest BCUT2D eigenvalue weighted by atomic mass is 15.4. The minimum absolute atomic E-state index is 0.138. The zero-order valence-corrected chi connectivity index (χ0v) is 17.1. The quantitative estimate of drug-likeness (QED) is 0.503. The Bertz CT molecular complexity index is 1120. The van der Waals surface area contributed by atoms with E-state index in [1.807, 2.05) is 79.9 Å². The fraction of sp³-hybridized carbons (Fsp3) is 0.120. The number of nitrogens with one attached hydrogen (secondary N) is 1. The van der Waals surface area contributed by atoms with Crippen LogP contribution in [0.4, 0.5) is 5.95 Å². The number of nitrogens with zero attached hydrogens (tertiary/aromatic N) is 5. The molecule has 5 rings (SSSR count). The van der Waals surface area contributed by atoms with Gasteiger partial charge in [0.2, 0.25) is 5.95 Å². The first kappa shape index (κ1) is 18.9. The Labute approximate surface area is 181 Å². The molecule has 6 heteroatoms. The SMILES string of the molecule is CN1C(/C=N\Nc2nc(-c3ccccc3)cc(-c3ccccc3)n2)=N[C@H]2C=CC=C[C@@H]21. The number of rotatable bonds is 5. The van der Waals surface area contributed by atoms with Crippen LogP contribution >= 0.6 is 0 Å². The van der Waals surface area contributed by atoms with Gasteiger partial charge in [0.05, 0.1) is 29.7 Å². The Balaban J connectivity index is 1.43. The van der Waals surface area contributed by atoms with Gasteiger partial charge in [0, 0.05) is 18.2 Å². The standard InChI is InChI=1S/C25H22N6/c1-31-23-15-9-8-14-20(23)27-24(31)17-26-30-25-28-21(18-10-4-2-5-11-18)16-22(29-25)19-12-6-3-7-13-19/h2-17,20,23H,1H3,(H,28,29,30)/b26-17-/t20-,23-/m0/s1. The maximum atomic E-state index is 4.73. The molecule has 0 saturated carbocycles. The molecule has 31 heavy (non-hydrogen) atoms. The molecule has 2 aliphatic rings. The predicted molar refractivity (Wildman–Crippen MR) is 126 cm³/mol. The van der Waals surface area contributed by atoms with Crippen LogP contribution in [0.2, 0.25) is 0 Å². The number of hydrazone groups is 1. The minimum Gasteiger partial charge on any atom is -0.350 e. The Morgan fingerprint density at radius 1 is 0.871 bits per heavy atom. The first-order chi connectivity index (χ1) is 15.3. The van der Waals surface area contributed by atoms with Crippen molar-refractivity contribution in [3.63, 3.8) is 0 Å². The molecule has 0 bridgehead atoms. The zero-order chi connectivity index (χ0) is 21.0. The summed E-state index contributed by atoms with van der Waals surface area (Å²) < 4.78 is 0.